The van der Waals surface area contributed by atoms with Crippen LogP contribution in [0.2, 0.25) is 0 Å². The molecule has 0 spiro atoms. The number of alkyl halides is 3. The number of hydrogen-bond acceptors (Lipinski definition) is 4. The average molecular weight is 433 g/mol. The molecule has 10 heteroatoms. The minimum absolute atomic E-state index is 0.132. The number of anilines is 1. The zero-order valence-electron chi connectivity index (χ0n) is 16.5. The average Bonchev–Trinajstić information content (AvgIpc) is 3.39. The van der Waals surface area contributed by atoms with Gasteiger partial charge in [-0.1, -0.05) is 0 Å². The third-order valence-corrected chi connectivity index (χ3v) is 4.76. The highest BCUT2D eigenvalue weighted by Gasteiger charge is 2.16. The summed E-state index contributed by atoms with van der Waals surface area (Å²) in [5.41, 5.74) is 2.13. The summed E-state index contributed by atoms with van der Waals surface area (Å²) in [7, 11) is 0. The van der Waals surface area contributed by atoms with Gasteiger partial charge in [-0.15, -0.1) is 0 Å². The largest absolute Gasteiger partial charge is 0.490 e. The standard InChI is InChI=1S/C21H19F4N5O/c1-13(16-10-15(23)2-3-18(16)31-9-6-22)27-19-5-8-30-20(28-19)17(11-26-30)14-4-7-29(12-14)21(24)25/h2-5,7-8,10-13,21H,6,9H2,1H3,(H,27,28). The van der Waals surface area contributed by atoms with Crippen LogP contribution in [0.5, 0.6) is 5.75 Å². The van der Waals surface area contributed by atoms with Crippen molar-refractivity contribution in [2.45, 2.75) is 19.5 Å². The maximum atomic E-state index is 13.8. The van der Waals surface area contributed by atoms with Crippen molar-refractivity contribution in [3.05, 3.63) is 66.5 Å². The minimum atomic E-state index is -2.64. The number of halogens is 4. The number of nitrogens with one attached hydrogen (secondary N) is 1. The fourth-order valence-electron chi connectivity index (χ4n) is 3.28. The van der Waals surface area contributed by atoms with Crippen molar-refractivity contribution >= 4 is 11.5 Å². The van der Waals surface area contributed by atoms with Gasteiger partial charge in [0.2, 0.25) is 0 Å². The number of rotatable bonds is 8. The van der Waals surface area contributed by atoms with Crippen molar-refractivity contribution in [3.63, 3.8) is 0 Å². The Kier molecular flexibility index (Phi) is 5.79. The lowest BCUT2D eigenvalue weighted by Gasteiger charge is -2.19. The van der Waals surface area contributed by atoms with E-state index in [9.17, 15) is 17.6 Å². The van der Waals surface area contributed by atoms with Crippen LogP contribution in [0.4, 0.5) is 23.4 Å². The predicted octanol–water partition coefficient (Wildman–Crippen LogP) is 5.25. The molecule has 1 aromatic carbocycles. The number of benzene rings is 1. The number of fused-ring (bicyclic) bond motifs is 1. The first-order valence-corrected chi connectivity index (χ1v) is 9.51. The molecule has 162 valence electrons. The van der Waals surface area contributed by atoms with Crippen molar-refractivity contribution in [1.29, 1.82) is 0 Å². The highest BCUT2D eigenvalue weighted by atomic mass is 19.3. The lowest BCUT2D eigenvalue weighted by molar-refractivity contribution is 0.0707. The first kappa shape index (κ1) is 20.7. The van der Waals surface area contributed by atoms with Crippen molar-refractivity contribution < 1.29 is 22.3 Å². The maximum absolute atomic E-state index is 13.8. The van der Waals surface area contributed by atoms with Gasteiger partial charge >= 0.3 is 6.55 Å². The van der Waals surface area contributed by atoms with Crippen LogP contribution in [0.15, 0.2) is 55.1 Å². The van der Waals surface area contributed by atoms with Gasteiger partial charge in [0.25, 0.3) is 0 Å². The fourth-order valence-corrected chi connectivity index (χ4v) is 3.28. The van der Waals surface area contributed by atoms with E-state index < -0.39 is 25.1 Å². The van der Waals surface area contributed by atoms with Gasteiger partial charge in [-0.2, -0.15) is 13.9 Å². The molecule has 0 saturated carbocycles. The lowest BCUT2D eigenvalue weighted by atomic mass is 10.1. The Balaban J connectivity index is 1.63. The zero-order valence-corrected chi connectivity index (χ0v) is 16.5. The molecule has 0 bridgehead atoms. The van der Waals surface area contributed by atoms with Crippen molar-refractivity contribution in [2.24, 2.45) is 0 Å². The molecule has 3 aromatic heterocycles. The van der Waals surface area contributed by atoms with Gasteiger partial charge in [-0.25, -0.2) is 18.3 Å². The van der Waals surface area contributed by atoms with Gasteiger partial charge in [0.05, 0.1) is 12.2 Å². The first-order chi connectivity index (χ1) is 15.0. The molecule has 0 saturated heterocycles. The first-order valence-electron chi connectivity index (χ1n) is 9.51. The quantitative estimate of drug-likeness (QED) is 0.386. The molecule has 4 aromatic rings. The van der Waals surface area contributed by atoms with E-state index in [1.165, 1.54) is 35.1 Å². The fraction of sp³-hybridized carbons (Fsp3) is 0.238. The molecule has 31 heavy (non-hydrogen) atoms. The van der Waals surface area contributed by atoms with E-state index in [4.69, 9.17) is 4.74 Å². The normalized spacial score (nSPS) is 12.5. The number of nitrogens with zero attached hydrogens (tertiary/aromatic N) is 4. The van der Waals surface area contributed by atoms with E-state index in [2.05, 4.69) is 15.4 Å². The Bertz CT molecular complexity index is 1190. The summed E-state index contributed by atoms with van der Waals surface area (Å²) in [6.07, 6.45) is 5.84. The molecule has 4 rings (SSSR count). The van der Waals surface area contributed by atoms with Gasteiger partial charge in [0, 0.05) is 35.3 Å². The van der Waals surface area contributed by atoms with Crippen LogP contribution in [-0.2, 0) is 0 Å². The summed E-state index contributed by atoms with van der Waals surface area (Å²) in [5, 5.41) is 7.38. The Labute approximate surface area is 175 Å². The molecule has 0 aliphatic carbocycles. The number of aromatic nitrogens is 4. The molecule has 1 N–H and O–H groups in total. The molecule has 0 amide bonds. The molecular formula is C21H19F4N5O. The second-order valence-corrected chi connectivity index (χ2v) is 6.85. The van der Waals surface area contributed by atoms with E-state index in [1.54, 1.807) is 31.5 Å². The minimum Gasteiger partial charge on any atom is -0.490 e. The summed E-state index contributed by atoms with van der Waals surface area (Å²) in [6, 6.07) is 6.87. The lowest BCUT2D eigenvalue weighted by Crippen LogP contribution is -2.11. The van der Waals surface area contributed by atoms with Crippen LogP contribution in [0.3, 0.4) is 0 Å². The van der Waals surface area contributed by atoms with Crippen LogP contribution >= 0.6 is 0 Å². The van der Waals surface area contributed by atoms with Crippen LogP contribution in [0.25, 0.3) is 16.8 Å². The molecule has 1 unspecified atom stereocenters. The third kappa shape index (κ3) is 4.32. The van der Waals surface area contributed by atoms with Gasteiger partial charge in [0.15, 0.2) is 5.65 Å². The van der Waals surface area contributed by atoms with E-state index in [1.807, 2.05) is 0 Å². The Morgan fingerprint density at radius 1 is 1.16 bits per heavy atom. The number of ether oxygens (including phenoxy) is 1. The molecule has 3 heterocycles. The Morgan fingerprint density at radius 2 is 2.00 bits per heavy atom. The molecular weight excluding hydrogens is 414 g/mol. The van der Waals surface area contributed by atoms with Crippen molar-refractivity contribution in [2.75, 3.05) is 18.6 Å². The molecule has 0 radical (unpaired) electrons. The summed E-state index contributed by atoms with van der Waals surface area (Å²) < 4.78 is 59.8. The summed E-state index contributed by atoms with van der Waals surface area (Å²) >= 11 is 0. The number of hydrogen-bond donors (Lipinski definition) is 1. The zero-order chi connectivity index (χ0) is 22.0. The second kappa shape index (κ2) is 8.66. The van der Waals surface area contributed by atoms with Crippen LogP contribution in [0, 0.1) is 5.82 Å². The highest BCUT2D eigenvalue weighted by Crippen LogP contribution is 2.30. The monoisotopic (exact) mass is 433 g/mol. The van der Waals surface area contributed by atoms with E-state index >= 15 is 0 Å². The van der Waals surface area contributed by atoms with Crippen molar-refractivity contribution in [3.8, 4) is 16.9 Å². The van der Waals surface area contributed by atoms with Gasteiger partial charge in [-0.05, 0) is 37.3 Å². The van der Waals surface area contributed by atoms with Gasteiger partial charge < -0.3 is 10.1 Å². The highest BCUT2D eigenvalue weighted by molar-refractivity contribution is 5.77. The van der Waals surface area contributed by atoms with Crippen molar-refractivity contribution in [1.82, 2.24) is 19.2 Å². The summed E-state index contributed by atoms with van der Waals surface area (Å²) in [5.74, 6) is 0.399. The SMILES string of the molecule is CC(Nc1ccn2ncc(-c3ccn(C(F)F)c3)c2n1)c1cc(F)ccc1OCCF. The molecule has 0 aliphatic rings. The van der Waals surface area contributed by atoms with E-state index in [-0.39, 0.29) is 6.61 Å². The molecule has 0 aliphatic heterocycles. The van der Waals surface area contributed by atoms with Crippen LogP contribution in [-0.4, -0.2) is 32.4 Å². The van der Waals surface area contributed by atoms with Crippen LogP contribution in [0.1, 0.15) is 25.1 Å². The van der Waals surface area contributed by atoms with Gasteiger partial charge in [0.1, 0.15) is 30.7 Å². The van der Waals surface area contributed by atoms with Crippen LogP contribution < -0.4 is 10.1 Å². The Morgan fingerprint density at radius 3 is 2.74 bits per heavy atom. The predicted molar refractivity (Wildman–Crippen MR) is 108 cm³/mol. The molecule has 0 fully saturated rings. The molecule has 1 atom stereocenters. The van der Waals surface area contributed by atoms with Gasteiger partial charge in [-0.3, -0.25) is 4.57 Å². The van der Waals surface area contributed by atoms with E-state index in [0.29, 0.717) is 33.9 Å². The third-order valence-electron chi connectivity index (χ3n) is 4.76. The topological polar surface area (TPSA) is 56.4 Å². The second-order valence-electron chi connectivity index (χ2n) is 6.85. The summed E-state index contributed by atoms with van der Waals surface area (Å²) in [6.45, 7) is -1.63. The maximum Gasteiger partial charge on any atom is 0.318 e. The smallest absolute Gasteiger partial charge is 0.318 e. The Hall–Kier alpha value is -3.56. The summed E-state index contributed by atoms with van der Waals surface area (Å²) in [4.78, 5) is 4.54. The molecule has 6 nitrogen and oxygen atoms in total. The van der Waals surface area contributed by atoms with E-state index in [0.717, 1.165) is 4.57 Å².